The van der Waals surface area contributed by atoms with Gasteiger partial charge in [-0.2, -0.15) is 0 Å². The van der Waals surface area contributed by atoms with Crippen LogP contribution < -0.4 is 10.2 Å². The maximum absolute atomic E-state index is 13.8. The number of hydrogen-bond donors (Lipinski definition) is 1. The molecule has 0 radical (unpaired) electrons. The number of fused-ring (bicyclic) bond motifs is 1. The average molecular weight is 413 g/mol. The van der Waals surface area contributed by atoms with Gasteiger partial charge in [-0.1, -0.05) is 6.07 Å². The summed E-state index contributed by atoms with van der Waals surface area (Å²) in [4.78, 5) is 30.7. The zero-order chi connectivity index (χ0) is 20.9. The predicted molar refractivity (Wildman–Crippen MR) is 108 cm³/mol. The summed E-state index contributed by atoms with van der Waals surface area (Å²) in [5.41, 5.74) is 2.32. The highest BCUT2D eigenvalue weighted by molar-refractivity contribution is 7.14. The average Bonchev–Trinajstić information content (AvgIpc) is 3.20. The van der Waals surface area contributed by atoms with E-state index in [0.717, 1.165) is 28.9 Å². The number of nitrogens with zero attached hydrogens (tertiary/aromatic N) is 2. The molecule has 29 heavy (non-hydrogen) atoms. The number of nitrogens with one attached hydrogen (secondary N) is 1. The monoisotopic (exact) mass is 413 g/mol. The predicted octanol–water partition coefficient (Wildman–Crippen LogP) is 4.59. The first-order valence-electron chi connectivity index (χ1n) is 8.83. The van der Waals surface area contributed by atoms with E-state index in [4.69, 9.17) is 0 Å². The fraction of sp³-hybridized carbons (Fsp3) is 0.190. The van der Waals surface area contributed by atoms with Crippen molar-refractivity contribution in [1.82, 2.24) is 4.98 Å². The molecule has 2 heterocycles. The lowest BCUT2D eigenvalue weighted by Gasteiger charge is -2.16. The van der Waals surface area contributed by atoms with Gasteiger partial charge in [-0.15, -0.1) is 11.3 Å². The van der Waals surface area contributed by atoms with E-state index in [0.29, 0.717) is 16.9 Å². The van der Waals surface area contributed by atoms with Crippen LogP contribution in [0.3, 0.4) is 0 Å². The largest absolute Gasteiger partial charge is 0.314 e. The minimum Gasteiger partial charge on any atom is -0.314 e. The molecule has 0 unspecified atom stereocenters. The van der Waals surface area contributed by atoms with E-state index in [1.807, 2.05) is 32.0 Å². The summed E-state index contributed by atoms with van der Waals surface area (Å²) >= 11 is 1.19. The summed E-state index contributed by atoms with van der Waals surface area (Å²) in [6.45, 7) is 3.76. The van der Waals surface area contributed by atoms with E-state index in [2.05, 4.69) is 10.3 Å². The van der Waals surface area contributed by atoms with Crippen molar-refractivity contribution >= 4 is 34.0 Å². The summed E-state index contributed by atoms with van der Waals surface area (Å²) < 4.78 is 26.8. The Morgan fingerprint density at radius 1 is 1.17 bits per heavy atom. The molecule has 0 spiro atoms. The van der Waals surface area contributed by atoms with Crippen LogP contribution in [0.15, 0.2) is 41.8 Å². The number of hydrogen-bond acceptors (Lipinski definition) is 4. The molecule has 0 saturated carbocycles. The Labute approximate surface area is 170 Å². The van der Waals surface area contributed by atoms with Crippen LogP contribution in [0.4, 0.5) is 19.6 Å². The Morgan fingerprint density at radius 3 is 2.66 bits per heavy atom. The van der Waals surface area contributed by atoms with Crippen LogP contribution in [0.5, 0.6) is 0 Å². The summed E-state index contributed by atoms with van der Waals surface area (Å²) in [6, 6.07) is 8.44. The number of amides is 2. The van der Waals surface area contributed by atoms with E-state index < -0.39 is 23.0 Å². The third kappa shape index (κ3) is 3.19. The first-order chi connectivity index (χ1) is 13.7. The molecule has 3 aromatic rings. The first kappa shape index (κ1) is 19.2. The zero-order valence-corrected chi connectivity index (χ0v) is 16.7. The van der Waals surface area contributed by atoms with Crippen LogP contribution in [0.25, 0.3) is 11.3 Å². The Morgan fingerprint density at radius 2 is 1.93 bits per heavy atom. The SMILES string of the molecule is CN1C(=O)C(C)(C)c2cc(-c3csc(NC(=O)c4ccc(F)cc4F)n3)ccc21. The van der Waals surface area contributed by atoms with E-state index in [1.165, 1.54) is 11.3 Å². The molecule has 0 atom stereocenters. The molecule has 0 aliphatic carbocycles. The maximum Gasteiger partial charge on any atom is 0.260 e. The van der Waals surface area contributed by atoms with Crippen molar-refractivity contribution in [2.75, 3.05) is 17.3 Å². The lowest BCUT2D eigenvalue weighted by molar-refractivity contribution is -0.121. The van der Waals surface area contributed by atoms with Crippen molar-refractivity contribution in [2.24, 2.45) is 0 Å². The van der Waals surface area contributed by atoms with Crippen LogP contribution in [-0.4, -0.2) is 23.8 Å². The fourth-order valence-electron chi connectivity index (χ4n) is 3.43. The minimum absolute atomic E-state index is 0.0252. The number of rotatable bonds is 3. The van der Waals surface area contributed by atoms with Crippen molar-refractivity contribution < 1.29 is 18.4 Å². The number of anilines is 2. The van der Waals surface area contributed by atoms with Crippen LogP contribution in [0, 0.1) is 11.6 Å². The number of carbonyl (C=O) groups excluding carboxylic acids is 2. The van der Waals surface area contributed by atoms with Crippen LogP contribution in [0.1, 0.15) is 29.8 Å². The Balaban J connectivity index is 1.60. The smallest absolute Gasteiger partial charge is 0.260 e. The van der Waals surface area contributed by atoms with Crippen molar-refractivity contribution in [3.8, 4) is 11.3 Å². The van der Waals surface area contributed by atoms with Crippen molar-refractivity contribution in [3.05, 3.63) is 64.5 Å². The lowest BCUT2D eigenvalue weighted by Crippen LogP contribution is -2.33. The highest BCUT2D eigenvalue weighted by atomic mass is 32.1. The van der Waals surface area contributed by atoms with Crippen LogP contribution in [0.2, 0.25) is 0 Å². The van der Waals surface area contributed by atoms with Gasteiger partial charge in [-0.05, 0) is 43.7 Å². The third-order valence-corrected chi connectivity index (χ3v) is 5.82. The van der Waals surface area contributed by atoms with Gasteiger partial charge in [0, 0.05) is 29.7 Å². The zero-order valence-electron chi connectivity index (χ0n) is 15.9. The van der Waals surface area contributed by atoms with E-state index in [9.17, 15) is 18.4 Å². The summed E-state index contributed by atoms with van der Waals surface area (Å²) in [7, 11) is 1.75. The highest BCUT2D eigenvalue weighted by Gasteiger charge is 2.42. The Kier molecular flexibility index (Phi) is 4.46. The van der Waals surface area contributed by atoms with E-state index in [1.54, 1.807) is 17.3 Å². The van der Waals surface area contributed by atoms with Gasteiger partial charge in [-0.25, -0.2) is 13.8 Å². The molecule has 0 bridgehead atoms. The van der Waals surface area contributed by atoms with Gasteiger partial charge in [0.2, 0.25) is 5.91 Å². The molecule has 5 nitrogen and oxygen atoms in total. The van der Waals surface area contributed by atoms with Gasteiger partial charge in [-0.3, -0.25) is 14.9 Å². The highest BCUT2D eigenvalue weighted by Crippen LogP contribution is 2.42. The van der Waals surface area contributed by atoms with Crippen molar-refractivity contribution in [1.29, 1.82) is 0 Å². The number of likely N-dealkylation sites (N-methyl/N-ethyl adjacent to an activating group) is 1. The van der Waals surface area contributed by atoms with Gasteiger partial charge < -0.3 is 4.90 Å². The van der Waals surface area contributed by atoms with Crippen molar-refractivity contribution in [2.45, 2.75) is 19.3 Å². The number of carbonyl (C=O) groups is 2. The second-order valence-electron chi connectivity index (χ2n) is 7.34. The normalized spacial score (nSPS) is 14.8. The molecular weight excluding hydrogens is 396 g/mol. The second-order valence-corrected chi connectivity index (χ2v) is 8.20. The molecule has 8 heteroatoms. The van der Waals surface area contributed by atoms with Gasteiger partial charge in [0.05, 0.1) is 16.7 Å². The second kappa shape index (κ2) is 6.73. The number of aromatic nitrogens is 1. The number of benzene rings is 2. The van der Waals surface area contributed by atoms with Gasteiger partial charge in [0.25, 0.3) is 5.91 Å². The molecule has 2 amide bonds. The summed E-state index contributed by atoms with van der Waals surface area (Å²) in [6.07, 6.45) is 0. The molecule has 1 aliphatic rings. The molecule has 0 saturated heterocycles. The Bertz CT molecular complexity index is 1160. The lowest BCUT2D eigenvalue weighted by atomic mass is 9.85. The first-order valence-corrected chi connectivity index (χ1v) is 9.71. The van der Waals surface area contributed by atoms with Crippen molar-refractivity contribution in [3.63, 3.8) is 0 Å². The van der Waals surface area contributed by atoms with Crippen LogP contribution >= 0.6 is 11.3 Å². The quantitative estimate of drug-likeness (QED) is 0.683. The minimum atomic E-state index is -0.936. The third-order valence-electron chi connectivity index (χ3n) is 5.07. The Hall–Kier alpha value is -3.13. The molecule has 0 fully saturated rings. The number of halogens is 2. The van der Waals surface area contributed by atoms with Gasteiger partial charge >= 0.3 is 0 Å². The molecule has 148 valence electrons. The summed E-state index contributed by atoms with van der Waals surface area (Å²) in [5.74, 6) is -2.36. The van der Waals surface area contributed by atoms with E-state index >= 15 is 0 Å². The standard InChI is InChI=1S/C21H17F2N3O2S/c1-21(2)14-8-11(4-7-17(14)26(3)19(21)28)16-10-29-20(24-16)25-18(27)13-6-5-12(22)9-15(13)23/h4-10H,1-3H3,(H,24,25,27). The number of thiazole rings is 1. The van der Waals surface area contributed by atoms with Crippen LogP contribution in [-0.2, 0) is 10.2 Å². The molecular formula is C21H17F2N3O2S. The van der Waals surface area contributed by atoms with Gasteiger partial charge in [0.1, 0.15) is 11.6 Å². The van der Waals surface area contributed by atoms with E-state index in [-0.39, 0.29) is 11.5 Å². The molecule has 1 aliphatic heterocycles. The molecule has 1 aromatic heterocycles. The molecule has 1 N–H and O–H groups in total. The fourth-order valence-corrected chi connectivity index (χ4v) is 4.15. The topological polar surface area (TPSA) is 62.3 Å². The molecule has 4 rings (SSSR count). The molecule has 2 aromatic carbocycles. The van der Waals surface area contributed by atoms with Gasteiger partial charge in [0.15, 0.2) is 5.13 Å². The maximum atomic E-state index is 13.8. The summed E-state index contributed by atoms with van der Waals surface area (Å²) in [5, 5.41) is 4.60.